The number of para-hydroxylation sites is 1. The lowest BCUT2D eigenvalue weighted by Crippen LogP contribution is -1.97. The van der Waals surface area contributed by atoms with Gasteiger partial charge < -0.3 is 4.74 Å². The Labute approximate surface area is 114 Å². The minimum atomic E-state index is -1.10. The number of aldehydes is 1. The number of hydrogen-bond acceptors (Lipinski definition) is 3. The molecule has 0 saturated carbocycles. The first-order valence-electron chi connectivity index (χ1n) is 5.64. The molecule has 0 saturated heterocycles. The Morgan fingerprint density at radius 3 is 2.50 bits per heavy atom. The molecule has 3 nitrogen and oxygen atoms in total. The number of hydrogen-bond donors (Lipinski definition) is 0. The van der Waals surface area contributed by atoms with Gasteiger partial charge in [0.2, 0.25) is 0 Å². The molecule has 2 aromatic rings. The molecule has 100 valence electrons. The Balaban J connectivity index is 2.78. The van der Waals surface area contributed by atoms with E-state index < -0.39 is 11.6 Å². The number of ether oxygens (including phenoxy) is 1. The summed E-state index contributed by atoms with van der Waals surface area (Å²) in [6.07, 6.45) is 0.592. The summed E-state index contributed by atoms with van der Waals surface area (Å²) in [5.41, 5.74) is 0.753. The minimum absolute atomic E-state index is 0.0368. The summed E-state index contributed by atoms with van der Waals surface area (Å²) in [5.74, 6) is -1.96. The predicted octanol–water partition coefficient (Wildman–Crippen LogP) is 3.32. The molecule has 0 aliphatic carbocycles. The third-order valence-electron chi connectivity index (χ3n) is 2.85. The molecule has 0 radical (unpaired) electrons. The van der Waals surface area contributed by atoms with Crippen LogP contribution in [0.5, 0.6) is 5.75 Å². The van der Waals surface area contributed by atoms with Gasteiger partial charge in [0.15, 0.2) is 17.9 Å². The van der Waals surface area contributed by atoms with Crippen molar-refractivity contribution in [3.63, 3.8) is 0 Å². The molecule has 2 aromatic carbocycles. The molecule has 0 heterocycles. The second-order valence-electron chi connectivity index (χ2n) is 3.97. The van der Waals surface area contributed by atoms with Gasteiger partial charge in [-0.1, -0.05) is 12.1 Å². The minimum Gasteiger partial charge on any atom is -0.495 e. The Bertz CT molecular complexity index is 721. The van der Waals surface area contributed by atoms with Crippen LogP contribution in [-0.4, -0.2) is 13.4 Å². The second-order valence-corrected chi connectivity index (χ2v) is 3.97. The monoisotopic (exact) mass is 273 g/mol. The number of nitriles is 1. The maximum absolute atomic E-state index is 13.4. The zero-order valence-corrected chi connectivity index (χ0v) is 10.5. The first-order chi connectivity index (χ1) is 9.62. The van der Waals surface area contributed by atoms with Gasteiger partial charge >= 0.3 is 0 Å². The molecule has 0 atom stereocenters. The number of nitrogens with zero attached hydrogens (tertiary/aromatic N) is 1. The first kappa shape index (κ1) is 13.7. The van der Waals surface area contributed by atoms with Crippen molar-refractivity contribution >= 4 is 6.29 Å². The van der Waals surface area contributed by atoms with Gasteiger partial charge in [0, 0.05) is 11.1 Å². The molecule has 0 aliphatic heterocycles. The predicted molar refractivity (Wildman–Crippen MR) is 68.4 cm³/mol. The normalized spacial score (nSPS) is 9.90. The fourth-order valence-corrected chi connectivity index (χ4v) is 1.95. The Morgan fingerprint density at radius 1 is 1.20 bits per heavy atom. The van der Waals surface area contributed by atoms with Crippen LogP contribution in [0.15, 0.2) is 30.3 Å². The second kappa shape index (κ2) is 5.49. The van der Waals surface area contributed by atoms with Crippen LogP contribution in [0.1, 0.15) is 15.9 Å². The van der Waals surface area contributed by atoms with Crippen LogP contribution in [0.4, 0.5) is 8.78 Å². The zero-order chi connectivity index (χ0) is 14.7. The average molecular weight is 273 g/mol. The largest absolute Gasteiger partial charge is 0.495 e. The molecular formula is C15H9F2NO2. The van der Waals surface area contributed by atoms with E-state index in [0.29, 0.717) is 11.8 Å². The van der Waals surface area contributed by atoms with E-state index in [4.69, 9.17) is 10.00 Å². The maximum atomic E-state index is 13.4. The molecule has 0 fully saturated rings. The fraction of sp³-hybridized carbons (Fsp3) is 0.0667. The zero-order valence-electron chi connectivity index (χ0n) is 10.5. The molecule has 0 unspecified atom stereocenters. The van der Waals surface area contributed by atoms with E-state index >= 15 is 0 Å². The third kappa shape index (κ3) is 2.24. The van der Waals surface area contributed by atoms with Crippen molar-refractivity contribution in [2.45, 2.75) is 0 Å². The topological polar surface area (TPSA) is 50.1 Å². The van der Waals surface area contributed by atoms with Gasteiger partial charge in [0.25, 0.3) is 0 Å². The number of methoxy groups -OCH3 is 1. The van der Waals surface area contributed by atoms with E-state index in [1.807, 2.05) is 0 Å². The van der Waals surface area contributed by atoms with E-state index in [-0.39, 0.29) is 22.4 Å². The van der Waals surface area contributed by atoms with Crippen LogP contribution in [0.2, 0.25) is 0 Å². The smallest absolute Gasteiger partial charge is 0.160 e. The molecular weight excluding hydrogens is 264 g/mol. The van der Waals surface area contributed by atoms with Gasteiger partial charge in [-0.25, -0.2) is 8.78 Å². The standard InChI is InChI=1S/C15H9F2NO2/c1-20-15-9(8-19)3-2-4-11(15)12-6-14(17)13(16)5-10(12)7-18/h2-6,8H,1H3. The van der Waals surface area contributed by atoms with E-state index in [9.17, 15) is 13.6 Å². The van der Waals surface area contributed by atoms with Crippen LogP contribution in [0, 0.1) is 23.0 Å². The summed E-state index contributed by atoms with van der Waals surface area (Å²) in [5, 5.41) is 9.04. The summed E-state index contributed by atoms with van der Waals surface area (Å²) >= 11 is 0. The van der Waals surface area contributed by atoms with E-state index in [0.717, 1.165) is 12.1 Å². The van der Waals surface area contributed by atoms with Crippen LogP contribution in [0.25, 0.3) is 11.1 Å². The summed E-state index contributed by atoms with van der Waals surface area (Å²) in [4.78, 5) is 11.0. The molecule has 20 heavy (non-hydrogen) atoms. The van der Waals surface area contributed by atoms with Gasteiger partial charge in [-0.2, -0.15) is 5.26 Å². The molecule has 0 aromatic heterocycles. The quantitative estimate of drug-likeness (QED) is 0.806. The van der Waals surface area contributed by atoms with E-state index in [1.54, 1.807) is 18.2 Å². The summed E-state index contributed by atoms with van der Waals surface area (Å²) in [6.45, 7) is 0. The number of carbonyl (C=O) groups excluding carboxylic acids is 1. The number of halogens is 2. The highest BCUT2D eigenvalue weighted by Crippen LogP contribution is 2.35. The van der Waals surface area contributed by atoms with Gasteiger partial charge in [0.1, 0.15) is 5.75 Å². The average Bonchev–Trinajstić information content (AvgIpc) is 2.48. The molecule has 0 amide bonds. The summed E-state index contributed by atoms with van der Waals surface area (Å²) in [6, 6.07) is 8.21. The van der Waals surface area contributed by atoms with Crippen molar-refractivity contribution in [3.8, 4) is 22.9 Å². The summed E-state index contributed by atoms with van der Waals surface area (Å²) < 4.78 is 31.7. The highest BCUT2D eigenvalue weighted by atomic mass is 19.2. The summed E-state index contributed by atoms with van der Waals surface area (Å²) in [7, 11) is 1.36. The van der Waals surface area contributed by atoms with Crippen LogP contribution in [-0.2, 0) is 0 Å². The molecule has 0 bridgehead atoms. The Hall–Kier alpha value is -2.74. The fourth-order valence-electron chi connectivity index (χ4n) is 1.95. The Kier molecular flexibility index (Phi) is 3.76. The van der Waals surface area contributed by atoms with Crippen LogP contribution in [0.3, 0.4) is 0 Å². The molecule has 0 aliphatic rings. The lowest BCUT2D eigenvalue weighted by molar-refractivity contribution is 0.112. The van der Waals surface area contributed by atoms with Crippen molar-refractivity contribution in [2.75, 3.05) is 7.11 Å². The van der Waals surface area contributed by atoms with Crippen LogP contribution >= 0.6 is 0 Å². The SMILES string of the molecule is COc1c(C=O)cccc1-c1cc(F)c(F)cc1C#N. The van der Waals surface area contributed by atoms with E-state index in [1.165, 1.54) is 13.2 Å². The van der Waals surface area contributed by atoms with Crippen molar-refractivity contribution in [1.29, 1.82) is 5.26 Å². The number of rotatable bonds is 3. The maximum Gasteiger partial charge on any atom is 0.160 e. The number of carbonyl (C=O) groups is 1. The highest BCUT2D eigenvalue weighted by Gasteiger charge is 2.16. The Morgan fingerprint density at radius 2 is 1.90 bits per heavy atom. The molecule has 0 spiro atoms. The van der Waals surface area contributed by atoms with Crippen molar-refractivity contribution < 1.29 is 18.3 Å². The molecule has 0 N–H and O–H groups in total. The van der Waals surface area contributed by atoms with Gasteiger partial charge in [-0.05, 0) is 18.2 Å². The first-order valence-corrected chi connectivity index (χ1v) is 5.64. The number of benzene rings is 2. The van der Waals surface area contributed by atoms with Crippen LogP contribution < -0.4 is 4.74 Å². The van der Waals surface area contributed by atoms with Crippen molar-refractivity contribution in [3.05, 3.63) is 53.1 Å². The lowest BCUT2D eigenvalue weighted by atomic mass is 9.97. The highest BCUT2D eigenvalue weighted by molar-refractivity contribution is 5.87. The molecule has 2 rings (SSSR count). The van der Waals surface area contributed by atoms with Gasteiger partial charge in [-0.15, -0.1) is 0 Å². The van der Waals surface area contributed by atoms with Crippen molar-refractivity contribution in [2.24, 2.45) is 0 Å². The van der Waals surface area contributed by atoms with Gasteiger partial charge in [-0.3, -0.25) is 4.79 Å². The molecule has 5 heteroatoms. The van der Waals surface area contributed by atoms with Crippen molar-refractivity contribution in [1.82, 2.24) is 0 Å². The van der Waals surface area contributed by atoms with E-state index in [2.05, 4.69) is 0 Å². The van der Waals surface area contributed by atoms with Gasteiger partial charge in [0.05, 0.1) is 24.3 Å². The third-order valence-corrected chi connectivity index (χ3v) is 2.85. The lowest BCUT2D eigenvalue weighted by Gasteiger charge is -2.12.